The zero-order valence-electron chi connectivity index (χ0n) is 13.1. The van der Waals surface area contributed by atoms with E-state index in [0.29, 0.717) is 19.0 Å². The van der Waals surface area contributed by atoms with Crippen LogP contribution in [0.3, 0.4) is 0 Å². The highest BCUT2D eigenvalue weighted by Gasteiger charge is 2.33. The minimum absolute atomic E-state index is 0.0459. The third-order valence-corrected chi connectivity index (χ3v) is 4.62. The molecular formula is C13H18F3N3O4S. The van der Waals surface area contributed by atoms with Crippen LogP contribution in [-0.4, -0.2) is 43.5 Å². The van der Waals surface area contributed by atoms with Gasteiger partial charge in [0.25, 0.3) is 5.69 Å². The standard InChI is InChI=1S/C13H18F3N3O4S/c1-3-18(24(2,22)23)8-4-7-17-11-6-5-10(13(14,15)16)9-12(11)19(20)21/h5-6,9,17H,3-4,7-8H2,1-2H3. The van der Waals surface area contributed by atoms with Crippen LogP contribution < -0.4 is 5.32 Å². The van der Waals surface area contributed by atoms with Crippen LogP contribution in [0.15, 0.2) is 18.2 Å². The minimum atomic E-state index is -4.67. The third kappa shape index (κ3) is 5.64. The first kappa shape index (κ1) is 20.2. The van der Waals surface area contributed by atoms with Gasteiger partial charge in [0.05, 0.1) is 16.7 Å². The zero-order valence-corrected chi connectivity index (χ0v) is 13.9. The molecule has 24 heavy (non-hydrogen) atoms. The number of hydrogen-bond donors (Lipinski definition) is 1. The average molecular weight is 369 g/mol. The van der Waals surface area contributed by atoms with Crippen molar-refractivity contribution in [2.75, 3.05) is 31.2 Å². The van der Waals surface area contributed by atoms with Crippen molar-refractivity contribution in [1.82, 2.24) is 4.31 Å². The van der Waals surface area contributed by atoms with E-state index in [-0.39, 0.29) is 18.8 Å². The average Bonchev–Trinajstić information content (AvgIpc) is 2.44. The van der Waals surface area contributed by atoms with E-state index < -0.39 is 32.4 Å². The largest absolute Gasteiger partial charge is 0.416 e. The Morgan fingerprint density at radius 1 is 1.33 bits per heavy atom. The van der Waals surface area contributed by atoms with Crippen LogP contribution in [0.5, 0.6) is 0 Å². The molecule has 0 aliphatic rings. The molecular weight excluding hydrogens is 351 g/mol. The van der Waals surface area contributed by atoms with Crippen molar-refractivity contribution in [3.05, 3.63) is 33.9 Å². The van der Waals surface area contributed by atoms with Gasteiger partial charge in [-0.05, 0) is 18.6 Å². The maximum absolute atomic E-state index is 12.6. The molecule has 0 atom stereocenters. The van der Waals surface area contributed by atoms with Gasteiger partial charge >= 0.3 is 6.18 Å². The van der Waals surface area contributed by atoms with Crippen molar-refractivity contribution in [2.24, 2.45) is 0 Å². The lowest BCUT2D eigenvalue weighted by molar-refractivity contribution is -0.384. The van der Waals surface area contributed by atoms with Crippen LogP contribution in [0.1, 0.15) is 18.9 Å². The highest BCUT2D eigenvalue weighted by atomic mass is 32.2. The molecule has 1 rings (SSSR count). The summed E-state index contributed by atoms with van der Waals surface area (Å²) >= 11 is 0. The van der Waals surface area contributed by atoms with Crippen molar-refractivity contribution >= 4 is 21.4 Å². The molecule has 0 unspecified atom stereocenters. The van der Waals surface area contributed by atoms with Crippen LogP contribution in [0.25, 0.3) is 0 Å². The van der Waals surface area contributed by atoms with Gasteiger partial charge in [-0.2, -0.15) is 13.2 Å². The molecule has 1 aromatic rings. The Labute approximate surface area is 137 Å². The summed E-state index contributed by atoms with van der Waals surface area (Å²) in [6.45, 7) is 2.35. The fraction of sp³-hybridized carbons (Fsp3) is 0.538. The molecule has 1 N–H and O–H groups in total. The first-order valence-electron chi connectivity index (χ1n) is 7.01. The lowest BCUT2D eigenvalue weighted by atomic mass is 10.1. The molecule has 0 aliphatic carbocycles. The number of benzene rings is 1. The second kappa shape index (κ2) is 7.79. The van der Waals surface area contributed by atoms with E-state index in [4.69, 9.17) is 0 Å². The Balaban J connectivity index is 2.77. The minimum Gasteiger partial charge on any atom is -0.379 e. The number of nitro benzene ring substituents is 1. The molecule has 1 aromatic carbocycles. The van der Waals surface area contributed by atoms with E-state index in [1.54, 1.807) is 6.92 Å². The summed E-state index contributed by atoms with van der Waals surface area (Å²) < 4.78 is 61.9. The second-order valence-corrected chi connectivity index (χ2v) is 7.00. The summed E-state index contributed by atoms with van der Waals surface area (Å²) in [4.78, 5) is 10.0. The summed E-state index contributed by atoms with van der Waals surface area (Å²) in [5.74, 6) is 0. The first-order chi connectivity index (χ1) is 11.0. The predicted molar refractivity (Wildman–Crippen MR) is 83.3 cm³/mol. The quantitative estimate of drug-likeness (QED) is 0.432. The lowest BCUT2D eigenvalue weighted by Crippen LogP contribution is -2.31. The van der Waals surface area contributed by atoms with Gasteiger partial charge in [-0.3, -0.25) is 10.1 Å². The highest BCUT2D eigenvalue weighted by Crippen LogP contribution is 2.34. The third-order valence-electron chi connectivity index (χ3n) is 3.24. The van der Waals surface area contributed by atoms with E-state index >= 15 is 0 Å². The van der Waals surface area contributed by atoms with Crippen molar-refractivity contribution in [1.29, 1.82) is 0 Å². The monoisotopic (exact) mass is 369 g/mol. The fourth-order valence-corrected chi connectivity index (χ4v) is 2.98. The Morgan fingerprint density at radius 2 is 1.96 bits per heavy atom. The number of anilines is 1. The lowest BCUT2D eigenvalue weighted by Gasteiger charge is -2.17. The fourth-order valence-electron chi connectivity index (χ4n) is 2.05. The van der Waals surface area contributed by atoms with Crippen molar-refractivity contribution in [3.8, 4) is 0 Å². The molecule has 0 bridgehead atoms. The number of nitrogens with one attached hydrogen (secondary N) is 1. The Bertz CT molecular complexity index is 692. The highest BCUT2D eigenvalue weighted by molar-refractivity contribution is 7.88. The van der Waals surface area contributed by atoms with Crippen molar-refractivity contribution in [3.63, 3.8) is 0 Å². The topological polar surface area (TPSA) is 92.5 Å². The molecule has 0 amide bonds. The SMILES string of the molecule is CCN(CCCNc1ccc(C(F)(F)F)cc1[N+](=O)[O-])S(C)(=O)=O. The number of nitrogens with zero attached hydrogens (tertiary/aromatic N) is 2. The van der Waals surface area contributed by atoms with Gasteiger partial charge in [0.15, 0.2) is 0 Å². The second-order valence-electron chi connectivity index (χ2n) is 5.02. The number of alkyl halides is 3. The maximum Gasteiger partial charge on any atom is 0.416 e. The van der Waals surface area contributed by atoms with E-state index in [9.17, 15) is 31.7 Å². The van der Waals surface area contributed by atoms with Gasteiger partial charge in [-0.15, -0.1) is 0 Å². The van der Waals surface area contributed by atoms with Gasteiger partial charge in [0, 0.05) is 25.7 Å². The summed E-state index contributed by atoms with van der Waals surface area (Å²) in [5.41, 5.74) is -1.83. The number of rotatable bonds is 8. The number of sulfonamides is 1. The normalized spacial score (nSPS) is 12.4. The molecule has 0 aliphatic heterocycles. The molecule has 0 heterocycles. The van der Waals surface area contributed by atoms with Gasteiger partial charge in [0.1, 0.15) is 5.69 Å². The van der Waals surface area contributed by atoms with Crippen molar-refractivity contribution < 1.29 is 26.5 Å². The first-order valence-corrected chi connectivity index (χ1v) is 8.86. The Morgan fingerprint density at radius 3 is 2.42 bits per heavy atom. The van der Waals surface area contributed by atoms with E-state index in [1.165, 1.54) is 4.31 Å². The smallest absolute Gasteiger partial charge is 0.379 e. The molecule has 7 nitrogen and oxygen atoms in total. The van der Waals surface area contributed by atoms with Crippen LogP contribution in [0.4, 0.5) is 24.5 Å². The molecule has 136 valence electrons. The van der Waals surface area contributed by atoms with E-state index in [2.05, 4.69) is 5.32 Å². The van der Waals surface area contributed by atoms with E-state index in [0.717, 1.165) is 18.4 Å². The number of halogens is 3. The van der Waals surface area contributed by atoms with Crippen molar-refractivity contribution in [2.45, 2.75) is 19.5 Å². The maximum atomic E-state index is 12.6. The van der Waals surface area contributed by atoms with Gasteiger partial charge < -0.3 is 5.32 Å². The summed E-state index contributed by atoms with van der Waals surface area (Å²) in [7, 11) is -3.33. The summed E-state index contributed by atoms with van der Waals surface area (Å²) in [5, 5.41) is 13.6. The molecule has 0 aromatic heterocycles. The Kier molecular flexibility index (Phi) is 6.55. The number of hydrogen-bond acceptors (Lipinski definition) is 5. The molecule has 11 heteroatoms. The molecule has 0 saturated heterocycles. The van der Waals surface area contributed by atoms with Crippen LogP contribution in [0.2, 0.25) is 0 Å². The summed E-state index contributed by atoms with van der Waals surface area (Å²) in [6.07, 6.45) is -3.25. The molecule has 0 radical (unpaired) electrons. The van der Waals surface area contributed by atoms with Gasteiger partial charge in [-0.1, -0.05) is 6.92 Å². The molecule has 0 spiro atoms. The van der Waals surface area contributed by atoms with Crippen LogP contribution in [-0.2, 0) is 16.2 Å². The predicted octanol–water partition coefficient (Wildman–Crippen LogP) is 2.70. The van der Waals surface area contributed by atoms with Crippen LogP contribution >= 0.6 is 0 Å². The molecule has 0 fully saturated rings. The number of nitro groups is 1. The van der Waals surface area contributed by atoms with E-state index in [1.807, 2.05) is 0 Å². The summed E-state index contributed by atoms with van der Waals surface area (Å²) in [6, 6.07) is 2.22. The van der Waals surface area contributed by atoms with Gasteiger partial charge in [-0.25, -0.2) is 12.7 Å². The van der Waals surface area contributed by atoms with Crippen LogP contribution in [0, 0.1) is 10.1 Å². The molecule has 0 saturated carbocycles. The van der Waals surface area contributed by atoms with Gasteiger partial charge in [0.2, 0.25) is 10.0 Å². The Hall–Kier alpha value is -1.88. The zero-order chi connectivity index (χ0) is 18.5.